The van der Waals surface area contributed by atoms with Crippen molar-refractivity contribution in [3.8, 4) is 0 Å². The molecule has 3 heterocycles. The zero-order valence-corrected chi connectivity index (χ0v) is 60.8. The lowest BCUT2D eigenvalue weighted by atomic mass is 9.96. The maximum absolute atomic E-state index is 13.5. The zero-order valence-electron chi connectivity index (χ0n) is 60.8. The van der Waals surface area contributed by atoms with Crippen LogP contribution in [0.25, 0.3) is 0 Å². The largest absolute Gasteiger partial charge is 0.394 e. The van der Waals surface area contributed by atoms with Gasteiger partial charge in [0, 0.05) is 6.42 Å². The lowest BCUT2D eigenvalue weighted by Crippen LogP contribution is -2.66. The molecule has 0 aliphatic carbocycles. The molecule has 3 saturated heterocycles. The number of rotatable bonds is 63. The molecule has 1 amide bonds. The Hall–Kier alpha value is -1.99. The van der Waals surface area contributed by atoms with Gasteiger partial charge in [-0.15, -0.1) is 0 Å². The maximum Gasteiger partial charge on any atom is 0.220 e. The van der Waals surface area contributed by atoms with Crippen LogP contribution in [0.3, 0.4) is 0 Å². The highest BCUT2D eigenvalue weighted by atomic mass is 16.8. The SMILES string of the molecule is CCCCCCC/C=C\C/C=C\CCCCCCCCCCCCCC(=O)NC(COC1OC(CO)C(OC2OC(CO)C(OC3OC(CO)C(O)C(O)C3O)C(O)C2O)C(O)C1O)C(O)/C=C/CCCCCCCCCCCCCCCCCCCCCCCCCCCCC. The van der Waals surface area contributed by atoms with Crippen LogP contribution in [0.5, 0.6) is 0 Å². The molecule has 0 radical (unpaired) electrons. The summed E-state index contributed by atoms with van der Waals surface area (Å²) in [6, 6.07) is -0.976. The molecule has 3 aliphatic rings. The fourth-order valence-corrected chi connectivity index (χ4v) is 13.5. The van der Waals surface area contributed by atoms with Crippen LogP contribution in [0, 0.1) is 0 Å². The molecule has 0 aromatic carbocycles. The van der Waals surface area contributed by atoms with Crippen molar-refractivity contribution in [2.24, 2.45) is 0 Å². The van der Waals surface area contributed by atoms with Gasteiger partial charge in [0.2, 0.25) is 5.91 Å². The predicted octanol–water partition coefficient (Wildman–Crippen LogP) is 12.7. The van der Waals surface area contributed by atoms with Gasteiger partial charge in [-0.05, 0) is 51.4 Å². The van der Waals surface area contributed by atoms with Gasteiger partial charge in [0.1, 0.15) is 73.2 Å². The van der Waals surface area contributed by atoms with E-state index in [1.807, 2.05) is 6.08 Å². The Morgan fingerprint density at radius 1 is 0.371 bits per heavy atom. The Balaban J connectivity index is 1.39. The minimum absolute atomic E-state index is 0.242. The third-order valence-corrected chi connectivity index (χ3v) is 19.9. The Morgan fingerprint density at radius 3 is 1.05 bits per heavy atom. The van der Waals surface area contributed by atoms with Crippen molar-refractivity contribution in [2.75, 3.05) is 26.4 Å². The summed E-state index contributed by atoms with van der Waals surface area (Å²) in [6.45, 7) is 1.77. The van der Waals surface area contributed by atoms with E-state index in [0.29, 0.717) is 6.42 Å². The second kappa shape index (κ2) is 59.4. The zero-order chi connectivity index (χ0) is 70.4. The van der Waals surface area contributed by atoms with Gasteiger partial charge >= 0.3 is 0 Å². The quantitative estimate of drug-likeness (QED) is 0.0199. The molecular formula is C78H145NO18. The first-order chi connectivity index (χ1) is 47.3. The van der Waals surface area contributed by atoms with E-state index in [9.17, 15) is 61.0 Å². The molecule has 97 heavy (non-hydrogen) atoms. The van der Waals surface area contributed by atoms with Crippen molar-refractivity contribution in [3.05, 3.63) is 36.5 Å². The average molecular weight is 1390 g/mol. The van der Waals surface area contributed by atoms with Gasteiger partial charge in [0.05, 0.1) is 38.6 Å². The van der Waals surface area contributed by atoms with Crippen LogP contribution < -0.4 is 5.32 Å². The number of hydrogen-bond acceptors (Lipinski definition) is 18. The van der Waals surface area contributed by atoms with E-state index in [1.165, 1.54) is 238 Å². The minimum atomic E-state index is -1.98. The van der Waals surface area contributed by atoms with E-state index < -0.39 is 124 Å². The van der Waals surface area contributed by atoms with E-state index in [2.05, 4.69) is 43.5 Å². The molecule has 3 aliphatic heterocycles. The molecule has 0 aromatic heterocycles. The summed E-state index contributed by atoms with van der Waals surface area (Å²) in [6.07, 6.45) is 45.5. The molecular weight excluding hydrogens is 1240 g/mol. The van der Waals surface area contributed by atoms with Crippen LogP contribution in [0.1, 0.15) is 322 Å². The van der Waals surface area contributed by atoms with Crippen LogP contribution >= 0.6 is 0 Å². The Kier molecular flexibility index (Phi) is 54.6. The number of nitrogens with one attached hydrogen (secondary N) is 1. The highest BCUT2D eigenvalue weighted by Gasteiger charge is 2.53. The standard InChI is InChI=1S/C78H145NO18/c1-3-5-7-9-11-13-15-17-19-21-23-25-27-28-29-30-31-32-34-35-37-39-41-43-45-47-49-51-53-55-62(83)61(79-66(84)56-54-52-50-48-46-44-42-40-38-36-33-26-24-22-20-18-16-14-12-10-8-6-4-2)60-92-76-72(90)69(87)74(64(58-81)94-76)97-78-73(91)70(88)75(65(59-82)95-78)96-77-71(89)68(86)67(85)63(57-80)93-77/h16,18,22,24,53,55,61-65,67-78,80-83,85-91H,3-15,17,19-21,23,25-52,54,56-60H2,1-2H3,(H,79,84)/b18-16-,24-22-,55-53+. The lowest BCUT2D eigenvalue weighted by Gasteiger charge is -2.48. The minimum Gasteiger partial charge on any atom is -0.394 e. The third kappa shape index (κ3) is 40.0. The van der Waals surface area contributed by atoms with Gasteiger partial charge in [-0.3, -0.25) is 4.79 Å². The molecule has 17 atom stereocenters. The van der Waals surface area contributed by atoms with Crippen LogP contribution in [0.4, 0.5) is 0 Å². The first-order valence-electron chi connectivity index (χ1n) is 39.7. The predicted molar refractivity (Wildman–Crippen MR) is 383 cm³/mol. The molecule has 3 fully saturated rings. The van der Waals surface area contributed by atoms with Gasteiger partial charge in [0.25, 0.3) is 0 Å². The van der Waals surface area contributed by atoms with Crippen LogP contribution in [-0.4, -0.2) is 193 Å². The maximum atomic E-state index is 13.5. The Bertz CT molecular complexity index is 1900. The molecule has 12 N–H and O–H groups in total. The molecule has 19 nitrogen and oxygen atoms in total. The van der Waals surface area contributed by atoms with Crippen LogP contribution in [-0.2, 0) is 33.2 Å². The molecule has 0 saturated carbocycles. The Morgan fingerprint density at radius 2 is 0.680 bits per heavy atom. The molecule has 0 aromatic rings. The van der Waals surface area contributed by atoms with Gasteiger partial charge in [0.15, 0.2) is 18.9 Å². The third-order valence-electron chi connectivity index (χ3n) is 19.9. The van der Waals surface area contributed by atoms with Crippen molar-refractivity contribution in [1.82, 2.24) is 5.32 Å². The highest BCUT2D eigenvalue weighted by Crippen LogP contribution is 2.33. The van der Waals surface area contributed by atoms with Crippen molar-refractivity contribution < 1.29 is 89.4 Å². The number of carbonyl (C=O) groups excluding carboxylic acids is 1. The van der Waals surface area contributed by atoms with Gasteiger partial charge < -0.3 is 89.9 Å². The second-order valence-electron chi connectivity index (χ2n) is 28.5. The van der Waals surface area contributed by atoms with E-state index in [0.717, 1.165) is 57.8 Å². The van der Waals surface area contributed by atoms with E-state index in [-0.39, 0.29) is 18.9 Å². The summed E-state index contributed by atoms with van der Waals surface area (Å²) in [5, 5.41) is 121. The van der Waals surface area contributed by atoms with Crippen LogP contribution in [0.15, 0.2) is 36.5 Å². The molecule has 19 heteroatoms. The number of carbonyl (C=O) groups is 1. The van der Waals surface area contributed by atoms with Crippen molar-refractivity contribution in [3.63, 3.8) is 0 Å². The molecule has 0 spiro atoms. The molecule has 3 rings (SSSR count). The van der Waals surface area contributed by atoms with Crippen LogP contribution in [0.2, 0.25) is 0 Å². The highest BCUT2D eigenvalue weighted by molar-refractivity contribution is 5.76. The number of aliphatic hydroxyl groups is 11. The first kappa shape index (κ1) is 89.2. The monoisotopic (exact) mass is 1380 g/mol. The topological polar surface area (TPSA) is 307 Å². The summed E-state index contributed by atoms with van der Waals surface area (Å²) in [4.78, 5) is 13.5. The number of hydrogen-bond donors (Lipinski definition) is 12. The normalized spacial score (nSPS) is 27.0. The average Bonchev–Trinajstić information content (AvgIpc) is 0.826. The van der Waals surface area contributed by atoms with Crippen molar-refractivity contribution >= 4 is 5.91 Å². The Labute approximate surface area is 587 Å². The summed E-state index contributed by atoms with van der Waals surface area (Å²) >= 11 is 0. The number of amides is 1. The summed E-state index contributed by atoms with van der Waals surface area (Å²) in [7, 11) is 0. The fraction of sp³-hybridized carbons (Fsp3) is 0.910. The number of ether oxygens (including phenoxy) is 6. The number of unbranched alkanes of at least 4 members (excludes halogenated alkanes) is 43. The summed E-state index contributed by atoms with van der Waals surface area (Å²) < 4.78 is 34.4. The van der Waals surface area contributed by atoms with E-state index in [4.69, 9.17) is 28.4 Å². The van der Waals surface area contributed by atoms with E-state index >= 15 is 0 Å². The van der Waals surface area contributed by atoms with Crippen molar-refractivity contribution in [2.45, 2.75) is 426 Å². The fourth-order valence-electron chi connectivity index (χ4n) is 13.5. The molecule has 17 unspecified atom stereocenters. The second-order valence-corrected chi connectivity index (χ2v) is 28.5. The molecule has 0 bridgehead atoms. The number of allylic oxidation sites excluding steroid dienone is 5. The summed E-state index contributed by atoms with van der Waals surface area (Å²) in [5.74, 6) is -0.274. The smallest absolute Gasteiger partial charge is 0.220 e. The number of aliphatic hydroxyl groups excluding tert-OH is 11. The molecule has 570 valence electrons. The van der Waals surface area contributed by atoms with Gasteiger partial charge in [-0.2, -0.15) is 0 Å². The van der Waals surface area contributed by atoms with Gasteiger partial charge in [-0.25, -0.2) is 0 Å². The first-order valence-corrected chi connectivity index (χ1v) is 39.7. The van der Waals surface area contributed by atoms with E-state index in [1.54, 1.807) is 6.08 Å². The summed E-state index contributed by atoms with van der Waals surface area (Å²) in [5.41, 5.74) is 0. The van der Waals surface area contributed by atoms with Gasteiger partial charge in [-0.1, -0.05) is 301 Å². The van der Waals surface area contributed by atoms with Crippen molar-refractivity contribution in [1.29, 1.82) is 0 Å². The lowest BCUT2D eigenvalue weighted by molar-refractivity contribution is -0.379.